The van der Waals surface area contributed by atoms with Crippen molar-refractivity contribution < 1.29 is 19.4 Å². The molecule has 50 heavy (non-hydrogen) atoms. The number of H-pyrrole nitrogens is 1. The summed E-state index contributed by atoms with van der Waals surface area (Å²) >= 11 is 1.76. The minimum atomic E-state index is -0.991. The van der Waals surface area contributed by atoms with Crippen molar-refractivity contribution in [2.75, 3.05) is 7.11 Å². The van der Waals surface area contributed by atoms with Crippen LogP contribution >= 0.6 is 11.8 Å². The number of carbonyl (C=O) groups is 1. The summed E-state index contributed by atoms with van der Waals surface area (Å²) in [6.07, 6.45) is 1.53. The van der Waals surface area contributed by atoms with Crippen molar-refractivity contribution >= 4 is 39.5 Å². The van der Waals surface area contributed by atoms with E-state index in [0.29, 0.717) is 31.7 Å². The van der Waals surface area contributed by atoms with Crippen LogP contribution in [0.1, 0.15) is 70.3 Å². The van der Waals surface area contributed by atoms with Gasteiger partial charge in [-0.2, -0.15) is 0 Å². The van der Waals surface area contributed by atoms with Crippen LogP contribution in [0.2, 0.25) is 0 Å². The minimum Gasteiger partial charge on any atom is -0.487 e. The van der Waals surface area contributed by atoms with E-state index >= 15 is 0 Å². The van der Waals surface area contributed by atoms with E-state index in [1.165, 1.54) is 0 Å². The maximum atomic E-state index is 13.3. The predicted molar refractivity (Wildman–Crippen MR) is 201 cm³/mol. The molecule has 0 aliphatic rings. The van der Waals surface area contributed by atoms with Crippen LogP contribution < -0.4 is 9.47 Å². The molecule has 0 spiro atoms. The van der Waals surface area contributed by atoms with Crippen molar-refractivity contribution in [2.45, 2.75) is 76.0 Å². The third-order valence-electron chi connectivity index (χ3n) is 9.44. The van der Waals surface area contributed by atoms with Crippen LogP contribution in [0.5, 0.6) is 11.6 Å². The van der Waals surface area contributed by atoms with Crippen LogP contribution in [-0.2, 0) is 17.8 Å². The molecule has 3 heterocycles. The predicted octanol–water partition coefficient (Wildman–Crippen LogP) is 9.87. The number of rotatable bonds is 13. The number of aliphatic carboxylic acids is 1. The lowest BCUT2D eigenvalue weighted by Crippen LogP contribution is -2.38. The molecule has 8 nitrogen and oxygen atoms in total. The topological polar surface area (TPSA) is 110 Å². The molecule has 3 aromatic heterocycles. The summed E-state index contributed by atoms with van der Waals surface area (Å²) in [6.45, 7) is 10.9. The molecular weight excluding hydrogens is 645 g/mol. The Balaban J connectivity index is 1.38. The first-order valence-corrected chi connectivity index (χ1v) is 17.9. The first kappa shape index (κ1) is 35.0. The smallest absolute Gasteiger partial charge is 0.310 e. The standard InChI is InChI=1S/C41H44N4O4S/c1-7-41(8-2,39(46)47)32(23-26-13-15-28(16-14-26)34-21-22-36(48-6)45-44-34)37-38(50-40(3,4)5)31-24-30(19-20-35(31)43-37)49-25-29-18-17-27-11-9-10-12-33(27)42-29/h9-22,24,32,43H,7-8,23,25H2,1-6H3,(H,46,47). The molecule has 0 saturated carbocycles. The second-order valence-corrected chi connectivity index (χ2v) is 15.5. The van der Waals surface area contributed by atoms with E-state index in [4.69, 9.17) is 14.5 Å². The summed E-state index contributed by atoms with van der Waals surface area (Å²) in [4.78, 5) is 22.8. The average Bonchev–Trinajstić information content (AvgIpc) is 3.46. The van der Waals surface area contributed by atoms with Crippen molar-refractivity contribution in [1.82, 2.24) is 20.2 Å². The summed E-state index contributed by atoms with van der Waals surface area (Å²) < 4.78 is 11.3. The first-order chi connectivity index (χ1) is 24.0. The summed E-state index contributed by atoms with van der Waals surface area (Å²) in [5, 5.41) is 21.4. The third kappa shape index (κ3) is 7.33. The van der Waals surface area contributed by atoms with E-state index in [1.807, 2.05) is 68.4 Å². The summed E-state index contributed by atoms with van der Waals surface area (Å²) in [5.74, 6) is 0.0817. The van der Waals surface area contributed by atoms with Gasteiger partial charge < -0.3 is 19.6 Å². The molecule has 0 saturated heterocycles. The number of ether oxygens (including phenoxy) is 2. The molecule has 0 radical (unpaired) electrons. The Morgan fingerprint density at radius 2 is 1.68 bits per heavy atom. The molecule has 0 fully saturated rings. The van der Waals surface area contributed by atoms with Gasteiger partial charge in [-0.1, -0.05) is 83.1 Å². The van der Waals surface area contributed by atoms with Crippen LogP contribution in [-0.4, -0.2) is 43.1 Å². The highest BCUT2D eigenvalue weighted by molar-refractivity contribution is 8.00. The van der Waals surface area contributed by atoms with Gasteiger partial charge in [0.15, 0.2) is 0 Å². The van der Waals surface area contributed by atoms with Gasteiger partial charge in [0.25, 0.3) is 0 Å². The fraction of sp³-hybridized carbons (Fsp3) is 0.317. The molecular formula is C41H44N4O4S. The van der Waals surface area contributed by atoms with Crippen molar-refractivity contribution in [3.05, 3.63) is 108 Å². The Morgan fingerprint density at radius 1 is 0.920 bits per heavy atom. The molecule has 3 aromatic carbocycles. The second-order valence-electron chi connectivity index (χ2n) is 13.7. The summed E-state index contributed by atoms with van der Waals surface area (Å²) in [5.41, 5.74) is 5.41. The molecule has 2 N–H and O–H groups in total. The van der Waals surface area contributed by atoms with Gasteiger partial charge >= 0.3 is 5.97 Å². The SMILES string of the molecule is CCC(CC)(C(=O)O)C(Cc1ccc(-c2ccc(OC)nn2)cc1)c1[nH]c2ccc(OCc3ccc4ccccc4n3)cc2c1SC(C)(C)C. The number of benzene rings is 3. The lowest BCUT2D eigenvalue weighted by Gasteiger charge is -2.36. The normalized spacial score (nSPS) is 12.7. The number of pyridine rings is 1. The van der Waals surface area contributed by atoms with E-state index < -0.39 is 11.4 Å². The molecule has 0 amide bonds. The fourth-order valence-corrected chi connectivity index (χ4v) is 7.86. The maximum Gasteiger partial charge on any atom is 0.310 e. The Bertz CT molecular complexity index is 2100. The molecule has 6 aromatic rings. The monoisotopic (exact) mass is 688 g/mol. The van der Waals surface area contributed by atoms with Crippen molar-refractivity contribution in [3.63, 3.8) is 0 Å². The Kier molecular flexibility index (Phi) is 10.2. The number of thioether (sulfide) groups is 1. The van der Waals surface area contributed by atoms with E-state index in [0.717, 1.165) is 60.7 Å². The second kappa shape index (κ2) is 14.5. The van der Waals surface area contributed by atoms with Crippen molar-refractivity contribution in [3.8, 4) is 22.9 Å². The number of carboxylic acid groups (broad SMARTS) is 1. The summed E-state index contributed by atoms with van der Waals surface area (Å²) in [7, 11) is 1.56. The number of hydrogen-bond acceptors (Lipinski definition) is 7. The highest BCUT2D eigenvalue weighted by atomic mass is 32.2. The molecule has 258 valence electrons. The number of methoxy groups -OCH3 is 1. The molecule has 1 atom stereocenters. The highest BCUT2D eigenvalue weighted by Crippen LogP contribution is 2.50. The number of nitrogens with one attached hydrogen (secondary N) is 1. The molecule has 6 rings (SSSR count). The van der Waals surface area contributed by atoms with Gasteiger partial charge in [0, 0.05) is 49.2 Å². The highest BCUT2D eigenvalue weighted by Gasteiger charge is 2.45. The van der Waals surface area contributed by atoms with Crippen LogP contribution in [0, 0.1) is 5.41 Å². The maximum absolute atomic E-state index is 13.3. The quantitative estimate of drug-likeness (QED) is 0.115. The number of carboxylic acids is 1. The van der Waals surface area contributed by atoms with Gasteiger partial charge in [-0.05, 0) is 61.2 Å². The third-order valence-corrected chi connectivity index (χ3v) is 10.7. The number of fused-ring (bicyclic) bond motifs is 2. The summed E-state index contributed by atoms with van der Waals surface area (Å²) in [6, 6.07) is 30.0. The Hall–Kier alpha value is -4.89. The zero-order chi connectivity index (χ0) is 35.5. The van der Waals surface area contributed by atoms with Gasteiger partial charge in [0.2, 0.25) is 5.88 Å². The molecule has 1 unspecified atom stereocenters. The van der Waals surface area contributed by atoms with Gasteiger partial charge in [-0.15, -0.1) is 22.0 Å². The molecule has 0 aliphatic heterocycles. The Labute approximate surface area is 297 Å². The van der Waals surface area contributed by atoms with E-state index in [1.54, 1.807) is 24.9 Å². The van der Waals surface area contributed by atoms with E-state index in [9.17, 15) is 9.90 Å². The van der Waals surface area contributed by atoms with Crippen LogP contribution in [0.4, 0.5) is 0 Å². The molecule has 0 bridgehead atoms. The lowest BCUT2D eigenvalue weighted by atomic mass is 9.67. The number of para-hydroxylation sites is 1. The van der Waals surface area contributed by atoms with Gasteiger partial charge in [0.05, 0.1) is 29.4 Å². The molecule has 9 heteroatoms. The Morgan fingerprint density at radius 3 is 2.34 bits per heavy atom. The molecule has 0 aliphatic carbocycles. The van der Waals surface area contributed by atoms with Gasteiger partial charge in [-0.3, -0.25) is 4.79 Å². The average molecular weight is 689 g/mol. The van der Waals surface area contributed by atoms with E-state index in [2.05, 4.69) is 66.3 Å². The van der Waals surface area contributed by atoms with E-state index in [-0.39, 0.29) is 10.7 Å². The number of aromatic amines is 1. The number of aromatic nitrogens is 4. The lowest BCUT2D eigenvalue weighted by molar-refractivity contribution is -0.151. The number of hydrogen-bond donors (Lipinski definition) is 2. The zero-order valence-electron chi connectivity index (χ0n) is 29.5. The minimum absolute atomic E-state index is 0.133. The fourth-order valence-electron chi connectivity index (χ4n) is 6.66. The van der Waals surface area contributed by atoms with Crippen LogP contribution in [0.15, 0.2) is 95.9 Å². The first-order valence-electron chi connectivity index (χ1n) is 17.1. The van der Waals surface area contributed by atoms with Crippen molar-refractivity contribution in [1.29, 1.82) is 0 Å². The van der Waals surface area contributed by atoms with Crippen LogP contribution in [0.25, 0.3) is 33.1 Å². The van der Waals surface area contributed by atoms with Crippen LogP contribution in [0.3, 0.4) is 0 Å². The zero-order valence-corrected chi connectivity index (χ0v) is 30.3. The van der Waals surface area contributed by atoms with Crippen molar-refractivity contribution in [2.24, 2.45) is 5.41 Å². The van der Waals surface area contributed by atoms with Gasteiger partial charge in [0.1, 0.15) is 12.4 Å². The largest absolute Gasteiger partial charge is 0.487 e. The van der Waals surface area contributed by atoms with Gasteiger partial charge in [-0.25, -0.2) is 4.98 Å². The number of nitrogens with zero attached hydrogens (tertiary/aromatic N) is 3.